The Morgan fingerprint density at radius 3 is 2.29 bits per heavy atom. The van der Waals surface area contributed by atoms with Crippen molar-refractivity contribution in [3.05, 3.63) is 29.8 Å². The van der Waals surface area contributed by atoms with E-state index in [-0.39, 0.29) is 6.42 Å². The third-order valence-electron chi connectivity index (χ3n) is 1.67. The fourth-order valence-electron chi connectivity index (χ4n) is 0.844. The van der Waals surface area contributed by atoms with Gasteiger partial charge in [-0.05, 0) is 12.1 Å². The number of rotatable bonds is 2. The molecular weight excluding hydrogens is 222 g/mol. The lowest BCUT2D eigenvalue weighted by Gasteiger charge is -1.97. The van der Waals surface area contributed by atoms with Crippen molar-refractivity contribution in [3.63, 3.8) is 0 Å². The van der Waals surface area contributed by atoms with Crippen LogP contribution >= 0.6 is 0 Å². The summed E-state index contributed by atoms with van der Waals surface area (Å²) in [5.74, 6) is -0.972. The van der Waals surface area contributed by atoms with Crippen LogP contribution in [-0.2, 0) is 9.53 Å². The first-order valence-corrected chi connectivity index (χ1v) is 4.76. The second-order valence-electron chi connectivity index (χ2n) is 2.87. The smallest absolute Gasteiger partial charge is 0.321 e. The zero-order valence-electron chi connectivity index (χ0n) is 9.34. The van der Waals surface area contributed by atoms with E-state index in [4.69, 9.17) is 16.7 Å². The van der Waals surface area contributed by atoms with Crippen LogP contribution in [0.1, 0.15) is 23.7 Å². The van der Waals surface area contributed by atoms with Crippen molar-refractivity contribution < 1.29 is 14.3 Å². The van der Waals surface area contributed by atoms with Crippen molar-refractivity contribution in [3.8, 4) is 6.26 Å². The maximum Gasteiger partial charge on any atom is 0.321 e. The molecular formula is C11H13N3O3. The second kappa shape index (κ2) is 7.70. The van der Waals surface area contributed by atoms with Crippen LogP contribution in [0.4, 0.5) is 5.69 Å². The SMILES string of the molecule is CCC(=O)OC#N.NC(=O)c1ccccc1N. The molecule has 0 aliphatic carbocycles. The predicted octanol–water partition coefficient (Wildman–Crippen LogP) is 0.788. The van der Waals surface area contributed by atoms with E-state index in [1.807, 2.05) is 0 Å². The van der Waals surface area contributed by atoms with E-state index in [1.54, 1.807) is 31.2 Å². The minimum Gasteiger partial charge on any atom is -0.398 e. The van der Waals surface area contributed by atoms with Crippen molar-refractivity contribution in [2.24, 2.45) is 5.73 Å². The van der Waals surface area contributed by atoms with Gasteiger partial charge >= 0.3 is 5.97 Å². The Bertz CT molecular complexity index is 438. The van der Waals surface area contributed by atoms with E-state index >= 15 is 0 Å². The van der Waals surface area contributed by atoms with Crippen LogP contribution in [0, 0.1) is 11.5 Å². The first-order valence-electron chi connectivity index (χ1n) is 4.76. The van der Waals surface area contributed by atoms with Gasteiger partial charge in [0, 0.05) is 12.1 Å². The number of primary amides is 1. The Hall–Kier alpha value is -2.55. The van der Waals surface area contributed by atoms with Gasteiger partial charge in [0.2, 0.25) is 0 Å². The number of ether oxygens (including phenoxy) is 1. The highest BCUT2D eigenvalue weighted by atomic mass is 16.5. The quantitative estimate of drug-likeness (QED) is 0.446. The lowest BCUT2D eigenvalue weighted by Crippen LogP contribution is -2.12. The van der Waals surface area contributed by atoms with E-state index in [2.05, 4.69) is 4.74 Å². The summed E-state index contributed by atoms with van der Waals surface area (Å²) in [4.78, 5) is 20.5. The molecule has 6 heteroatoms. The maximum atomic E-state index is 10.6. The molecule has 17 heavy (non-hydrogen) atoms. The summed E-state index contributed by atoms with van der Waals surface area (Å²) in [6.45, 7) is 1.62. The first kappa shape index (κ1) is 14.5. The molecule has 0 radical (unpaired) electrons. The predicted molar refractivity (Wildman–Crippen MR) is 61.4 cm³/mol. The molecule has 6 nitrogen and oxygen atoms in total. The van der Waals surface area contributed by atoms with Gasteiger partial charge < -0.3 is 16.2 Å². The molecule has 1 aromatic carbocycles. The van der Waals surface area contributed by atoms with Gasteiger partial charge in [-0.1, -0.05) is 19.1 Å². The number of amides is 1. The second-order valence-corrected chi connectivity index (χ2v) is 2.87. The van der Waals surface area contributed by atoms with E-state index < -0.39 is 11.9 Å². The fourth-order valence-corrected chi connectivity index (χ4v) is 0.844. The molecule has 0 bridgehead atoms. The summed E-state index contributed by atoms with van der Waals surface area (Å²) in [6.07, 6.45) is 1.53. The monoisotopic (exact) mass is 235 g/mol. The molecule has 0 aliphatic heterocycles. The van der Waals surface area contributed by atoms with Crippen LogP contribution in [0.2, 0.25) is 0 Å². The van der Waals surface area contributed by atoms with Crippen molar-refractivity contribution in [2.75, 3.05) is 5.73 Å². The van der Waals surface area contributed by atoms with Crippen LogP contribution < -0.4 is 11.5 Å². The zero-order valence-corrected chi connectivity index (χ0v) is 9.34. The van der Waals surface area contributed by atoms with Crippen molar-refractivity contribution >= 4 is 17.6 Å². The fraction of sp³-hybridized carbons (Fsp3) is 0.182. The van der Waals surface area contributed by atoms with Gasteiger partial charge in [0.1, 0.15) is 0 Å². The summed E-state index contributed by atoms with van der Waals surface area (Å²) < 4.78 is 3.86. The van der Waals surface area contributed by atoms with Gasteiger partial charge in [-0.2, -0.15) is 0 Å². The Labute approximate surface area is 98.8 Å². The number of nitrogens with zero attached hydrogens (tertiary/aromatic N) is 1. The van der Waals surface area contributed by atoms with Gasteiger partial charge in [-0.3, -0.25) is 9.59 Å². The van der Waals surface area contributed by atoms with Gasteiger partial charge in [-0.15, -0.1) is 5.26 Å². The maximum absolute atomic E-state index is 10.6. The highest BCUT2D eigenvalue weighted by molar-refractivity contribution is 5.97. The number of benzene rings is 1. The van der Waals surface area contributed by atoms with Gasteiger partial charge in [0.05, 0.1) is 5.56 Å². The van der Waals surface area contributed by atoms with Crippen molar-refractivity contribution in [2.45, 2.75) is 13.3 Å². The number of nitrogen functional groups attached to an aromatic ring is 1. The van der Waals surface area contributed by atoms with Gasteiger partial charge in [-0.25, -0.2) is 0 Å². The molecule has 0 saturated heterocycles. The summed E-state index contributed by atoms with van der Waals surface area (Å²) >= 11 is 0. The number of carbonyl (C=O) groups excluding carboxylic acids is 2. The van der Waals surface area contributed by atoms with Crippen molar-refractivity contribution in [1.29, 1.82) is 5.26 Å². The Kier molecular flexibility index (Phi) is 6.55. The number of hydrogen-bond acceptors (Lipinski definition) is 5. The Morgan fingerprint density at radius 1 is 1.41 bits per heavy atom. The van der Waals surface area contributed by atoms with Crippen LogP contribution in [0.15, 0.2) is 24.3 Å². The van der Waals surface area contributed by atoms with Crippen LogP contribution in [0.3, 0.4) is 0 Å². The van der Waals surface area contributed by atoms with E-state index in [0.29, 0.717) is 11.3 Å². The number of carbonyl (C=O) groups is 2. The minimum atomic E-state index is -0.488. The molecule has 90 valence electrons. The number of para-hydroxylation sites is 1. The molecule has 4 N–H and O–H groups in total. The van der Waals surface area contributed by atoms with Crippen molar-refractivity contribution in [1.82, 2.24) is 0 Å². The lowest BCUT2D eigenvalue weighted by atomic mass is 10.2. The average molecular weight is 235 g/mol. The Morgan fingerprint density at radius 2 is 2.00 bits per heavy atom. The highest BCUT2D eigenvalue weighted by Gasteiger charge is 2.01. The number of nitrogens with two attached hydrogens (primary N) is 2. The summed E-state index contributed by atoms with van der Waals surface area (Å²) in [5, 5.41) is 7.67. The topological polar surface area (TPSA) is 119 Å². The number of hydrogen-bond donors (Lipinski definition) is 2. The van der Waals surface area contributed by atoms with Crippen LogP contribution in [-0.4, -0.2) is 11.9 Å². The lowest BCUT2D eigenvalue weighted by molar-refractivity contribution is -0.136. The number of esters is 1. The zero-order chi connectivity index (χ0) is 13.3. The van der Waals surface area contributed by atoms with Crippen LogP contribution in [0.5, 0.6) is 0 Å². The average Bonchev–Trinajstić information content (AvgIpc) is 2.30. The largest absolute Gasteiger partial charge is 0.398 e. The normalized spacial score (nSPS) is 8.24. The summed E-state index contributed by atoms with van der Waals surface area (Å²) in [5.41, 5.74) is 11.2. The van der Waals surface area contributed by atoms with E-state index in [0.717, 1.165) is 0 Å². The van der Waals surface area contributed by atoms with E-state index in [9.17, 15) is 9.59 Å². The molecule has 0 aliphatic rings. The molecule has 0 heterocycles. The minimum absolute atomic E-state index is 0.258. The molecule has 0 fully saturated rings. The van der Waals surface area contributed by atoms with E-state index in [1.165, 1.54) is 6.26 Å². The molecule has 1 amide bonds. The first-order chi connectivity index (χ1) is 8.02. The molecule has 0 saturated carbocycles. The molecule has 0 spiro atoms. The molecule has 0 atom stereocenters. The van der Waals surface area contributed by atoms with Crippen LogP contribution in [0.25, 0.3) is 0 Å². The number of anilines is 1. The summed E-state index contributed by atoms with van der Waals surface area (Å²) in [7, 11) is 0. The molecule has 0 aromatic heterocycles. The number of nitriles is 1. The highest BCUT2D eigenvalue weighted by Crippen LogP contribution is 2.08. The molecule has 1 aromatic rings. The van der Waals surface area contributed by atoms with Gasteiger partial charge in [0.25, 0.3) is 12.2 Å². The Balaban J connectivity index is 0.000000325. The third-order valence-corrected chi connectivity index (χ3v) is 1.67. The molecule has 0 unspecified atom stereocenters. The molecule has 1 rings (SSSR count). The standard InChI is InChI=1S/C7H8N2O.C4H5NO2/c8-6-4-2-1-3-5(6)7(9)10;1-2-4(6)7-3-5/h1-4H,8H2,(H2,9,10);2H2,1H3. The third kappa shape index (κ3) is 5.79. The van der Waals surface area contributed by atoms with Gasteiger partial charge in [0.15, 0.2) is 0 Å². The summed E-state index contributed by atoms with van der Waals surface area (Å²) in [6, 6.07) is 6.70.